The molecule has 0 saturated carbocycles. The first-order chi connectivity index (χ1) is 10.2. The van der Waals surface area contributed by atoms with Crippen LogP contribution in [0.3, 0.4) is 0 Å². The van der Waals surface area contributed by atoms with Crippen LogP contribution in [-0.2, 0) is 6.54 Å². The molecule has 0 N–H and O–H groups in total. The van der Waals surface area contributed by atoms with Gasteiger partial charge in [0, 0.05) is 17.1 Å². The second kappa shape index (κ2) is 5.85. The van der Waals surface area contributed by atoms with Crippen LogP contribution in [0.4, 0.5) is 0 Å². The highest BCUT2D eigenvalue weighted by molar-refractivity contribution is 14.1. The van der Waals surface area contributed by atoms with Gasteiger partial charge < -0.3 is 9.30 Å². The van der Waals surface area contributed by atoms with Crippen molar-refractivity contribution in [2.75, 3.05) is 7.11 Å². The summed E-state index contributed by atoms with van der Waals surface area (Å²) < 4.78 is 7.61. The lowest BCUT2D eigenvalue weighted by molar-refractivity contribution is 0.403. The normalized spacial score (nSPS) is 10.8. The van der Waals surface area contributed by atoms with Gasteiger partial charge >= 0.3 is 0 Å². The summed E-state index contributed by atoms with van der Waals surface area (Å²) in [6.45, 7) is 0.478. The molecule has 0 unspecified atom stereocenters. The number of ether oxygens (including phenoxy) is 1. The van der Waals surface area contributed by atoms with Crippen molar-refractivity contribution >= 4 is 33.5 Å². The minimum atomic E-state index is -0.135. The minimum absolute atomic E-state index is 0.135. The maximum Gasteiger partial charge on any atom is 0.293 e. The molecule has 3 rings (SSSR count). The highest BCUT2D eigenvalue weighted by atomic mass is 127. The Balaban J connectivity index is 2.06. The number of rotatable bonds is 3. The molecule has 2 heterocycles. The summed E-state index contributed by atoms with van der Waals surface area (Å²) in [4.78, 5) is 16.8. The molecule has 21 heavy (non-hydrogen) atoms. The third-order valence-corrected chi connectivity index (χ3v) is 4.23. The zero-order valence-electron chi connectivity index (χ0n) is 11.4. The number of halogens is 1. The molecule has 0 saturated heterocycles. The Kier molecular flexibility index (Phi) is 3.92. The van der Waals surface area contributed by atoms with E-state index >= 15 is 0 Å². The smallest absolute Gasteiger partial charge is 0.293 e. The number of nitrogens with zero attached hydrogens (tertiary/aromatic N) is 2. The van der Waals surface area contributed by atoms with Crippen LogP contribution in [0, 0.1) is 3.70 Å². The number of hydrogen-bond acceptors (Lipinski definition) is 3. The van der Waals surface area contributed by atoms with Crippen LogP contribution in [0.1, 0.15) is 5.56 Å². The average molecular weight is 392 g/mol. The molecule has 0 spiro atoms. The number of benzene rings is 1. The average Bonchev–Trinajstić information content (AvgIpc) is 2.50. The number of fused-ring (bicyclic) bond motifs is 1. The molecule has 0 amide bonds. The molecule has 0 bridgehead atoms. The minimum Gasteiger partial charge on any atom is -0.491 e. The Morgan fingerprint density at radius 2 is 2.05 bits per heavy atom. The molecule has 0 radical (unpaired) electrons. The zero-order valence-corrected chi connectivity index (χ0v) is 13.6. The molecule has 0 atom stereocenters. The summed E-state index contributed by atoms with van der Waals surface area (Å²) in [6.07, 6.45) is 1.76. The lowest BCUT2D eigenvalue weighted by Gasteiger charge is -2.10. The van der Waals surface area contributed by atoms with E-state index in [1.165, 1.54) is 7.11 Å². The van der Waals surface area contributed by atoms with Crippen molar-refractivity contribution in [1.29, 1.82) is 0 Å². The standard InChI is InChI=1S/C16H13IN2O2/c1-21-14-7-4-8-19(16(14)20)10-12-9-11-5-2-3-6-13(11)18-15(12)17/h2-9H,10H2,1H3. The molecular weight excluding hydrogens is 379 g/mol. The Bertz CT molecular complexity index is 858. The van der Waals surface area contributed by atoms with Crippen molar-refractivity contribution in [3.8, 4) is 5.75 Å². The van der Waals surface area contributed by atoms with Crippen LogP contribution < -0.4 is 10.3 Å². The molecule has 5 heteroatoms. The van der Waals surface area contributed by atoms with Gasteiger partial charge in [0.05, 0.1) is 19.2 Å². The van der Waals surface area contributed by atoms with Crippen molar-refractivity contribution in [3.05, 3.63) is 68.3 Å². The molecule has 2 aromatic heterocycles. The van der Waals surface area contributed by atoms with E-state index in [2.05, 4.69) is 33.6 Å². The SMILES string of the molecule is COc1cccn(Cc2cc3ccccc3nc2I)c1=O. The van der Waals surface area contributed by atoms with Crippen molar-refractivity contribution < 1.29 is 4.74 Å². The van der Waals surface area contributed by atoms with Gasteiger partial charge in [-0.15, -0.1) is 0 Å². The Hall–Kier alpha value is -1.89. The van der Waals surface area contributed by atoms with Gasteiger partial charge in [-0.1, -0.05) is 18.2 Å². The monoisotopic (exact) mass is 392 g/mol. The maximum absolute atomic E-state index is 12.2. The fourth-order valence-corrected chi connectivity index (χ4v) is 2.81. The lowest BCUT2D eigenvalue weighted by Crippen LogP contribution is -2.21. The largest absolute Gasteiger partial charge is 0.491 e. The highest BCUT2D eigenvalue weighted by Gasteiger charge is 2.08. The van der Waals surface area contributed by atoms with E-state index in [1.807, 2.05) is 30.3 Å². The van der Waals surface area contributed by atoms with Crippen LogP contribution in [-0.4, -0.2) is 16.7 Å². The molecule has 0 aliphatic carbocycles. The summed E-state index contributed by atoms with van der Waals surface area (Å²) in [6, 6.07) is 13.5. The highest BCUT2D eigenvalue weighted by Crippen LogP contribution is 2.19. The van der Waals surface area contributed by atoms with Crippen LogP contribution in [0.15, 0.2) is 53.5 Å². The van der Waals surface area contributed by atoms with Crippen LogP contribution >= 0.6 is 22.6 Å². The van der Waals surface area contributed by atoms with Gasteiger partial charge in [-0.2, -0.15) is 0 Å². The van der Waals surface area contributed by atoms with Gasteiger partial charge in [0.15, 0.2) is 5.75 Å². The summed E-state index contributed by atoms with van der Waals surface area (Å²) >= 11 is 2.21. The van der Waals surface area contributed by atoms with E-state index in [0.29, 0.717) is 12.3 Å². The van der Waals surface area contributed by atoms with E-state index in [-0.39, 0.29) is 5.56 Å². The van der Waals surface area contributed by atoms with E-state index in [9.17, 15) is 4.79 Å². The zero-order chi connectivity index (χ0) is 14.8. The molecule has 1 aromatic carbocycles. The van der Waals surface area contributed by atoms with Crippen molar-refractivity contribution in [2.24, 2.45) is 0 Å². The summed E-state index contributed by atoms with van der Waals surface area (Å²) in [5.41, 5.74) is 1.84. The molecular formula is C16H13IN2O2. The van der Waals surface area contributed by atoms with E-state index < -0.39 is 0 Å². The van der Waals surface area contributed by atoms with Gasteiger partial charge in [-0.05, 0) is 46.9 Å². The molecule has 0 aliphatic heterocycles. The fourth-order valence-electron chi connectivity index (χ4n) is 2.23. The Labute approximate surface area is 135 Å². The van der Waals surface area contributed by atoms with E-state index in [4.69, 9.17) is 4.74 Å². The topological polar surface area (TPSA) is 44.1 Å². The first kappa shape index (κ1) is 14.1. The first-order valence-corrected chi connectivity index (χ1v) is 7.54. The van der Waals surface area contributed by atoms with Crippen LogP contribution in [0.25, 0.3) is 10.9 Å². The number of para-hydroxylation sites is 1. The van der Waals surface area contributed by atoms with Crippen molar-refractivity contribution in [3.63, 3.8) is 0 Å². The Morgan fingerprint density at radius 1 is 1.24 bits per heavy atom. The summed E-state index contributed by atoms with van der Waals surface area (Å²) in [5, 5.41) is 1.07. The van der Waals surface area contributed by atoms with E-state index in [0.717, 1.165) is 20.2 Å². The van der Waals surface area contributed by atoms with Gasteiger partial charge in [-0.3, -0.25) is 4.79 Å². The van der Waals surface area contributed by atoms with Gasteiger partial charge in [0.2, 0.25) is 0 Å². The molecule has 0 fully saturated rings. The first-order valence-electron chi connectivity index (χ1n) is 6.46. The Morgan fingerprint density at radius 3 is 2.86 bits per heavy atom. The van der Waals surface area contributed by atoms with E-state index in [1.54, 1.807) is 16.8 Å². The number of aromatic nitrogens is 2. The summed E-state index contributed by atoms with van der Waals surface area (Å²) in [5.74, 6) is 0.348. The van der Waals surface area contributed by atoms with Crippen LogP contribution in [0.2, 0.25) is 0 Å². The number of methoxy groups -OCH3 is 1. The second-order valence-electron chi connectivity index (χ2n) is 4.64. The molecule has 3 aromatic rings. The number of pyridine rings is 2. The predicted molar refractivity (Wildman–Crippen MR) is 90.8 cm³/mol. The maximum atomic E-state index is 12.2. The van der Waals surface area contributed by atoms with Gasteiger partial charge in [0.25, 0.3) is 5.56 Å². The molecule has 4 nitrogen and oxygen atoms in total. The summed E-state index contributed by atoms with van der Waals surface area (Å²) in [7, 11) is 1.50. The third-order valence-electron chi connectivity index (χ3n) is 3.30. The third kappa shape index (κ3) is 2.78. The molecule has 106 valence electrons. The van der Waals surface area contributed by atoms with Gasteiger partial charge in [-0.25, -0.2) is 4.98 Å². The lowest BCUT2D eigenvalue weighted by atomic mass is 10.1. The second-order valence-corrected chi connectivity index (χ2v) is 5.66. The van der Waals surface area contributed by atoms with Gasteiger partial charge in [0.1, 0.15) is 3.70 Å². The fraction of sp³-hybridized carbons (Fsp3) is 0.125. The number of hydrogen-bond donors (Lipinski definition) is 0. The van der Waals surface area contributed by atoms with Crippen molar-refractivity contribution in [1.82, 2.24) is 9.55 Å². The molecule has 0 aliphatic rings. The quantitative estimate of drug-likeness (QED) is 0.509. The van der Waals surface area contributed by atoms with Crippen LogP contribution in [0.5, 0.6) is 5.75 Å². The predicted octanol–water partition coefficient (Wildman–Crippen LogP) is 3.06. The van der Waals surface area contributed by atoms with Crippen molar-refractivity contribution in [2.45, 2.75) is 6.54 Å².